The van der Waals surface area contributed by atoms with Crippen LogP contribution in [0.4, 0.5) is 5.69 Å². The van der Waals surface area contributed by atoms with Crippen LogP contribution in [0, 0.1) is 0 Å². The Labute approximate surface area is 110 Å². The van der Waals surface area contributed by atoms with Crippen molar-refractivity contribution < 1.29 is 8.42 Å². The monoisotopic (exact) mass is 270 g/mol. The Hall–Kier alpha value is -1.07. The Morgan fingerprint density at radius 3 is 2.11 bits per heavy atom. The molecule has 0 saturated heterocycles. The second-order valence-electron chi connectivity index (χ2n) is 4.36. The molecule has 0 aliphatic carbocycles. The van der Waals surface area contributed by atoms with Crippen LogP contribution in [-0.2, 0) is 10.0 Å². The van der Waals surface area contributed by atoms with E-state index in [9.17, 15) is 8.42 Å². The fourth-order valence-corrected chi connectivity index (χ4v) is 3.54. The maximum absolute atomic E-state index is 12.4. The molecule has 0 saturated carbocycles. The van der Waals surface area contributed by atoms with Crippen molar-refractivity contribution in [3.8, 4) is 0 Å². The molecule has 0 bridgehead atoms. The highest BCUT2D eigenvalue weighted by molar-refractivity contribution is 7.89. The number of hydrogen-bond acceptors (Lipinski definition) is 3. The second-order valence-corrected chi connectivity index (χ2v) is 6.25. The molecule has 1 rings (SSSR count). The summed E-state index contributed by atoms with van der Waals surface area (Å²) in [6.07, 6.45) is 0. The topological polar surface area (TPSA) is 49.4 Å². The molecule has 0 radical (unpaired) electrons. The van der Waals surface area contributed by atoms with Gasteiger partial charge in [-0.1, -0.05) is 6.92 Å². The van der Waals surface area contributed by atoms with Gasteiger partial charge >= 0.3 is 0 Å². The lowest BCUT2D eigenvalue weighted by atomic mass is 10.3. The Morgan fingerprint density at radius 2 is 1.72 bits per heavy atom. The van der Waals surface area contributed by atoms with Crippen molar-refractivity contribution in [1.82, 2.24) is 4.31 Å². The molecule has 1 aromatic rings. The van der Waals surface area contributed by atoms with Crippen LogP contribution in [0.1, 0.15) is 27.7 Å². The van der Waals surface area contributed by atoms with E-state index in [0.29, 0.717) is 11.4 Å². The maximum Gasteiger partial charge on any atom is 0.243 e. The highest BCUT2D eigenvalue weighted by Crippen LogP contribution is 2.19. The van der Waals surface area contributed by atoms with Gasteiger partial charge in [-0.05, 0) is 45.0 Å². The first-order valence-electron chi connectivity index (χ1n) is 6.29. The minimum atomic E-state index is -3.38. The van der Waals surface area contributed by atoms with E-state index >= 15 is 0 Å². The van der Waals surface area contributed by atoms with Gasteiger partial charge in [0.25, 0.3) is 0 Å². The van der Waals surface area contributed by atoms with Gasteiger partial charge in [-0.15, -0.1) is 0 Å². The van der Waals surface area contributed by atoms with Gasteiger partial charge in [0.15, 0.2) is 0 Å². The van der Waals surface area contributed by atoms with E-state index in [0.717, 1.165) is 12.2 Å². The number of benzene rings is 1. The molecule has 0 fully saturated rings. The van der Waals surface area contributed by atoms with E-state index in [1.54, 1.807) is 24.3 Å². The molecule has 102 valence electrons. The SMILES string of the molecule is CCNc1ccc(S(=O)(=O)N(CC)C(C)C)cc1. The Morgan fingerprint density at radius 1 is 1.17 bits per heavy atom. The van der Waals surface area contributed by atoms with Crippen LogP contribution in [0.25, 0.3) is 0 Å². The molecule has 0 amide bonds. The first kappa shape index (κ1) is 15.0. The Balaban J connectivity index is 3.04. The molecule has 0 heterocycles. The first-order chi connectivity index (χ1) is 8.43. The summed E-state index contributed by atoms with van der Waals surface area (Å²) in [6.45, 7) is 8.92. The van der Waals surface area contributed by atoms with Crippen molar-refractivity contribution in [1.29, 1.82) is 0 Å². The predicted molar refractivity (Wildman–Crippen MR) is 75.3 cm³/mol. The lowest BCUT2D eigenvalue weighted by molar-refractivity contribution is 0.369. The van der Waals surface area contributed by atoms with E-state index in [1.807, 2.05) is 27.7 Å². The van der Waals surface area contributed by atoms with Crippen LogP contribution in [-0.4, -0.2) is 31.9 Å². The van der Waals surface area contributed by atoms with Crippen LogP contribution in [0.3, 0.4) is 0 Å². The molecule has 0 aromatic heterocycles. The van der Waals surface area contributed by atoms with E-state index in [4.69, 9.17) is 0 Å². The van der Waals surface area contributed by atoms with Crippen molar-refractivity contribution in [2.45, 2.75) is 38.6 Å². The normalized spacial score (nSPS) is 12.1. The molecular weight excluding hydrogens is 248 g/mol. The van der Waals surface area contributed by atoms with E-state index in [-0.39, 0.29) is 6.04 Å². The third kappa shape index (κ3) is 3.23. The molecule has 0 unspecified atom stereocenters. The molecule has 0 spiro atoms. The number of nitrogens with zero attached hydrogens (tertiary/aromatic N) is 1. The third-order valence-electron chi connectivity index (χ3n) is 2.73. The molecule has 0 aliphatic heterocycles. The van der Waals surface area contributed by atoms with Gasteiger partial charge in [-0.3, -0.25) is 0 Å². The van der Waals surface area contributed by atoms with Crippen LogP contribution in [0.5, 0.6) is 0 Å². The third-order valence-corrected chi connectivity index (χ3v) is 4.89. The van der Waals surface area contributed by atoms with Gasteiger partial charge < -0.3 is 5.32 Å². The zero-order valence-electron chi connectivity index (χ0n) is 11.5. The van der Waals surface area contributed by atoms with Gasteiger partial charge in [0.1, 0.15) is 0 Å². The smallest absolute Gasteiger partial charge is 0.243 e. The standard InChI is InChI=1S/C13H22N2O2S/c1-5-14-12-7-9-13(10-8-12)18(16,17)15(6-2)11(3)4/h7-11,14H,5-6H2,1-4H3. The molecule has 1 aromatic carbocycles. The first-order valence-corrected chi connectivity index (χ1v) is 7.73. The number of nitrogens with one attached hydrogen (secondary N) is 1. The van der Waals surface area contributed by atoms with Crippen LogP contribution < -0.4 is 5.32 Å². The van der Waals surface area contributed by atoms with E-state index in [1.165, 1.54) is 4.31 Å². The summed E-state index contributed by atoms with van der Waals surface area (Å²) >= 11 is 0. The predicted octanol–water partition coefficient (Wildman–Crippen LogP) is 2.54. The second kappa shape index (κ2) is 6.20. The summed E-state index contributed by atoms with van der Waals surface area (Å²) < 4.78 is 26.3. The molecular formula is C13H22N2O2S. The van der Waals surface area contributed by atoms with Crippen molar-refractivity contribution in [2.24, 2.45) is 0 Å². The molecule has 18 heavy (non-hydrogen) atoms. The molecule has 0 atom stereocenters. The van der Waals surface area contributed by atoms with Crippen molar-refractivity contribution >= 4 is 15.7 Å². The van der Waals surface area contributed by atoms with E-state index < -0.39 is 10.0 Å². The summed E-state index contributed by atoms with van der Waals surface area (Å²) in [5.74, 6) is 0. The van der Waals surface area contributed by atoms with Crippen molar-refractivity contribution in [3.63, 3.8) is 0 Å². The fourth-order valence-electron chi connectivity index (χ4n) is 1.90. The van der Waals surface area contributed by atoms with Gasteiger partial charge in [-0.2, -0.15) is 4.31 Å². The molecule has 1 N–H and O–H groups in total. The van der Waals surface area contributed by atoms with Crippen LogP contribution >= 0.6 is 0 Å². The highest BCUT2D eigenvalue weighted by atomic mass is 32.2. The fraction of sp³-hybridized carbons (Fsp3) is 0.538. The minimum absolute atomic E-state index is 0.0338. The Kier molecular flexibility index (Phi) is 5.16. The summed E-state index contributed by atoms with van der Waals surface area (Å²) in [6, 6.07) is 6.86. The molecule has 5 heteroatoms. The number of anilines is 1. The van der Waals surface area contributed by atoms with Crippen LogP contribution in [0.2, 0.25) is 0 Å². The lowest BCUT2D eigenvalue weighted by Crippen LogP contribution is -2.36. The average molecular weight is 270 g/mol. The minimum Gasteiger partial charge on any atom is -0.385 e. The van der Waals surface area contributed by atoms with Crippen molar-refractivity contribution in [3.05, 3.63) is 24.3 Å². The van der Waals surface area contributed by atoms with Crippen molar-refractivity contribution in [2.75, 3.05) is 18.4 Å². The molecule has 0 aliphatic rings. The highest BCUT2D eigenvalue weighted by Gasteiger charge is 2.25. The van der Waals surface area contributed by atoms with Gasteiger partial charge in [0.2, 0.25) is 10.0 Å². The Bertz CT molecular complexity index is 466. The maximum atomic E-state index is 12.4. The van der Waals surface area contributed by atoms with E-state index in [2.05, 4.69) is 5.32 Å². The summed E-state index contributed by atoms with van der Waals surface area (Å²) in [4.78, 5) is 0.347. The quantitative estimate of drug-likeness (QED) is 0.864. The summed E-state index contributed by atoms with van der Waals surface area (Å²) in [5, 5.41) is 3.14. The van der Waals surface area contributed by atoms with Gasteiger partial charge in [0, 0.05) is 24.8 Å². The summed E-state index contributed by atoms with van der Waals surface area (Å²) in [5.41, 5.74) is 0.934. The average Bonchev–Trinajstić information content (AvgIpc) is 2.30. The zero-order chi connectivity index (χ0) is 13.8. The van der Waals surface area contributed by atoms with Crippen LogP contribution in [0.15, 0.2) is 29.2 Å². The number of sulfonamides is 1. The largest absolute Gasteiger partial charge is 0.385 e. The number of rotatable bonds is 6. The number of hydrogen-bond donors (Lipinski definition) is 1. The zero-order valence-corrected chi connectivity index (χ0v) is 12.3. The molecule has 4 nitrogen and oxygen atoms in total. The van der Waals surface area contributed by atoms with Gasteiger partial charge in [0.05, 0.1) is 4.90 Å². The van der Waals surface area contributed by atoms with Gasteiger partial charge in [-0.25, -0.2) is 8.42 Å². The summed E-state index contributed by atoms with van der Waals surface area (Å²) in [7, 11) is -3.38. The lowest BCUT2D eigenvalue weighted by Gasteiger charge is -2.24.